The van der Waals surface area contributed by atoms with Crippen LogP contribution in [0.4, 0.5) is 0 Å². The first-order valence-electron chi connectivity index (χ1n) is 8.08. The highest BCUT2D eigenvalue weighted by Gasteiger charge is 2.21. The summed E-state index contributed by atoms with van der Waals surface area (Å²) < 4.78 is 2.53. The van der Waals surface area contributed by atoms with Gasteiger partial charge in [0.1, 0.15) is 0 Å². The number of hydrogen-bond donors (Lipinski definition) is 1. The first-order chi connectivity index (χ1) is 9.78. The highest BCUT2D eigenvalue weighted by Crippen LogP contribution is 2.24. The van der Waals surface area contributed by atoms with Crippen LogP contribution in [0, 0.1) is 5.92 Å². The molecule has 0 radical (unpaired) electrons. The van der Waals surface area contributed by atoms with E-state index in [-0.39, 0.29) is 0 Å². The van der Waals surface area contributed by atoms with Crippen molar-refractivity contribution in [1.29, 1.82) is 0 Å². The molecular weight excluding hydrogens is 244 g/mol. The van der Waals surface area contributed by atoms with Gasteiger partial charge in [-0.3, -0.25) is 0 Å². The molecule has 1 aromatic heterocycles. The molecule has 20 heavy (non-hydrogen) atoms. The zero-order chi connectivity index (χ0) is 13.9. The summed E-state index contributed by atoms with van der Waals surface area (Å²) in [5.41, 5.74) is 2.84. The minimum atomic E-state index is 0.746. The lowest BCUT2D eigenvalue weighted by Gasteiger charge is -2.16. The maximum Gasteiger partial charge on any atom is 0.0483 e. The second kappa shape index (κ2) is 6.01. The number of aromatic nitrogens is 1. The van der Waals surface area contributed by atoms with Gasteiger partial charge in [0, 0.05) is 30.3 Å². The number of para-hydroxylation sites is 1. The molecule has 108 valence electrons. The maximum absolute atomic E-state index is 3.66. The fraction of sp³-hybridized carbons (Fsp3) is 0.556. The first-order valence-corrected chi connectivity index (χ1v) is 8.08. The lowest BCUT2D eigenvalue weighted by molar-refractivity contribution is 0.442. The van der Waals surface area contributed by atoms with Crippen molar-refractivity contribution in [3.05, 3.63) is 36.0 Å². The molecule has 1 unspecified atom stereocenters. The van der Waals surface area contributed by atoms with Crippen LogP contribution in [0.2, 0.25) is 0 Å². The van der Waals surface area contributed by atoms with Gasteiger partial charge in [-0.25, -0.2) is 0 Å². The van der Waals surface area contributed by atoms with Crippen LogP contribution in [-0.4, -0.2) is 10.6 Å². The van der Waals surface area contributed by atoms with E-state index in [1.807, 2.05) is 0 Å². The molecule has 0 spiro atoms. The summed E-state index contributed by atoms with van der Waals surface area (Å²) in [5.74, 6) is 0.746. The molecule has 0 saturated heterocycles. The van der Waals surface area contributed by atoms with E-state index in [2.05, 4.69) is 54.1 Å². The third kappa shape index (κ3) is 3.06. The largest absolute Gasteiger partial charge is 0.343 e. The molecule has 2 heteroatoms. The lowest BCUT2D eigenvalue weighted by atomic mass is 10.1. The normalized spacial score (nSPS) is 16.7. The van der Waals surface area contributed by atoms with Gasteiger partial charge < -0.3 is 9.88 Å². The average Bonchev–Trinajstić information content (AvgIpc) is 3.21. The molecule has 1 fully saturated rings. The number of rotatable bonds is 7. The van der Waals surface area contributed by atoms with E-state index in [0.717, 1.165) is 25.0 Å². The molecule has 1 aliphatic carbocycles. The van der Waals surface area contributed by atoms with Crippen molar-refractivity contribution < 1.29 is 0 Å². The smallest absolute Gasteiger partial charge is 0.0483 e. The highest BCUT2D eigenvalue weighted by atomic mass is 15.0. The summed E-state index contributed by atoms with van der Waals surface area (Å²) >= 11 is 0. The standard InChI is InChI=1S/C18H26N2/c1-3-6-14(2)13-20-17(12-19-16-9-10-16)11-15-7-4-5-8-18(15)20/h4-5,7-8,11,14,16,19H,3,6,9-10,12-13H2,1-2H3. The Morgan fingerprint density at radius 2 is 2.10 bits per heavy atom. The van der Waals surface area contributed by atoms with Gasteiger partial charge in [0.05, 0.1) is 0 Å². The minimum Gasteiger partial charge on any atom is -0.343 e. The molecular formula is C18H26N2. The SMILES string of the molecule is CCCC(C)Cn1c(CNC2CC2)cc2ccccc21. The molecule has 2 nitrogen and oxygen atoms in total. The fourth-order valence-electron chi connectivity index (χ4n) is 3.06. The Labute approximate surface area is 122 Å². The van der Waals surface area contributed by atoms with Crippen molar-refractivity contribution >= 4 is 10.9 Å². The molecule has 1 aliphatic rings. The summed E-state index contributed by atoms with van der Waals surface area (Å²) in [5, 5.41) is 5.04. The zero-order valence-electron chi connectivity index (χ0n) is 12.7. The quantitative estimate of drug-likeness (QED) is 0.792. The first kappa shape index (κ1) is 13.7. The Hall–Kier alpha value is -1.28. The van der Waals surface area contributed by atoms with E-state index in [1.54, 1.807) is 0 Å². The second-order valence-electron chi connectivity index (χ2n) is 6.35. The number of fused-ring (bicyclic) bond motifs is 1. The van der Waals surface area contributed by atoms with Crippen LogP contribution in [0.5, 0.6) is 0 Å². The lowest BCUT2D eigenvalue weighted by Crippen LogP contribution is -2.19. The van der Waals surface area contributed by atoms with E-state index < -0.39 is 0 Å². The van der Waals surface area contributed by atoms with Gasteiger partial charge in [0.25, 0.3) is 0 Å². The molecule has 1 aromatic carbocycles. The topological polar surface area (TPSA) is 17.0 Å². The van der Waals surface area contributed by atoms with Crippen LogP contribution >= 0.6 is 0 Å². The van der Waals surface area contributed by atoms with Crippen LogP contribution in [0.3, 0.4) is 0 Å². The van der Waals surface area contributed by atoms with Crippen molar-refractivity contribution in [3.8, 4) is 0 Å². The van der Waals surface area contributed by atoms with Crippen LogP contribution in [0.1, 0.15) is 45.2 Å². The van der Waals surface area contributed by atoms with Gasteiger partial charge in [-0.2, -0.15) is 0 Å². The van der Waals surface area contributed by atoms with E-state index in [9.17, 15) is 0 Å². The zero-order valence-corrected chi connectivity index (χ0v) is 12.7. The molecule has 0 bridgehead atoms. The molecule has 0 aliphatic heterocycles. The Balaban J connectivity index is 1.85. The summed E-state index contributed by atoms with van der Waals surface area (Å²) in [6.07, 6.45) is 5.29. The predicted octanol–water partition coefficient (Wildman–Crippen LogP) is 4.33. The molecule has 3 rings (SSSR count). The Morgan fingerprint density at radius 1 is 1.30 bits per heavy atom. The molecule has 1 N–H and O–H groups in total. The number of nitrogens with one attached hydrogen (secondary N) is 1. The fourth-order valence-corrected chi connectivity index (χ4v) is 3.06. The van der Waals surface area contributed by atoms with Crippen LogP contribution in [-0.2, 0) is 13.1 Å². The molecule has 2 aromatic rings. The Morgan fingerprint density at radius 3 is 2.85 bits per heavy atom. The monoisotopic (exact) mass is 270 g/mol. The summed E-state index contributed by atoms with van der Waals surface area (Å²) in [7, 11) is 0. The number of nitrogens with zero attached hydrogens (tertiary/aromatic N) is 1. The van der Waals surface area contributed by atoms with Crippen LogP contribution in [0.25, 0.3) is 10.9 Å². The van der Waals surface area contributed by atoms with E-state index in [0.29, 0.717) is 0 Å². The molecule has 1 saturated carbocycles. The van der Waals surface area contributed by atoms with Crippen molar-refractivity contribution in [2.24, 2.45) is 5.92 Å². The second-order valence-corrected chi connectivity index (χ2v) is 6.35. The molecule has 0 amide bonds. The summed E-state index contributed by atoms with van der Waals surface area (Å²) in [6, 6.07) is 11.9. The van der Waals surface area contributed by atoms with E-state index >= 15 is 0 Å². The van der Waals surface area contributed by atoms with Gasteiger partial charge in [-0.15, -0.1) is 0 Å². The molecule has 1 heterocycles. The van der Waals surface area contributed by atoms with Gasteiger partial charge >= 0.3 is 0 Å². The van der Waals surface area contributed by atoms with Crippen molar-refractivity contribution in [2.45, 2.75) is 58.7 Å². The summed E-state index contributed by atoms with van der Waals surface area (Å²) in [6.45, 7) is 6.80. The van der Waals surface area contributed by atoms with Crippen LogP contribution < -0.4 is 5.32 Å². The van der Waals surface area contributed by atoms with Crippen LogP contribution in [0.15, 0.2) is 30.3 Å². The van der Waals surface area contributed by atoms with Gasteiger partial charge in [-0.05, 0) is 42.7 Å². The summed E-state index contributed by atoms with van der Waals surface area (Å²) in [4.78, 5) is 0. The minimum absolute atomic E-state index is 0.746. The Kier molecular flexibility index (Phi) is 4.11. The van der Waals surface area contributed by atoms with Crippen molar-refractivity contribution in [3.63, 3.8) is 0 Å². The van der Waals surface area contributed by atoms with Gasteiger partial charge in [0.2, 0.25) is 0 Å². The third-order valence-electron chi connectivity index (χ3n) is 4.32. The van der Waals surface area contributed by atoms with E-state index in [4.69, 9.17) is 0 Å². The highest BCUT2D eigenvalue weighted by molar-refractivity contribution is 5.81. The Bertz CT molecular complexity index is 566. The maximum atomic E-state index is 3.66. The number of hydrogen-bond acceptors (Lipinski definition) is 1. The van der Waals surface area contributed by atoms with Gasteiger partial charge in [0.15, 0.2) is 0 Å². The van der Waals surface area contributed by atoms with Crippen molar-refractivity contribution in [2.75, 3.05) is 0 Å². The predicted molar refractivity (Wildman–Crippen MR) is 85.9 cm³/mol. The third-order valence-corrected chi connectivity index (χ3v) is 4.32. The van der Waals surface area contributed by atoms with Crippen molar-refractivity contribution in [1.82, 2.24) is 9.88 Å². The van der Waals surface area contributed by atoms with Gasteiger partial charge in [-0.1, -0.05) is 38.5 Å². The molecule has 1 atom stereocenters. The average molecular weight is 270 g/mol. The van der Waals surface area contributed by atoms with E-state index in [1.165, 1.54) is 42.3 Å². The number of benzene rings is 1.